The van der Waals surface area contributed by atoms with E-state index in [-0.39, 0.29) is 23.3 Å². The molecule has 2 atom stereocenters. The average Bonchev–Trinajstić information content (AvgIpc) is 2.62. The van der Waals surface area contributed by atoms with E-state index in [1.54, 1.807) is 0 Å². The van der Waals surface area contributed by atoms with E-state index in [0.717, 1.165) is 12.8 Å². The molecule has 1 amide bonds. The fourth-order valence-corrected chi connectivity index (χ4v) is 2.62. The molecule has 0 spiro atoms. The Labute approximate surface area is 152 Å². The number of hydrogen-bond donors (Lipinski definition) is 2. The van der Waals surface area contributed by atoms with Crippen molar-refractivity contribution in [2.24, 2.45) is 0 Å². The Hall–Kier alpha value is -2.83. The van der Waals surface area contributed by atoms with Gasteiger partial charge < -0.3 is 19.9 Å². The van der Waals surface area contributed by atoms with Crippen LogP contribution in [0.4, 0.5) is 0 Å². The Kier molecular flexibility index (Phi) is 6.77. The zero-order valence-electron chi connectivity index (χ0n) is 15.2. The maximum atomic E-state index is 12.2. The molecular weight excluding hydrogens is 336 g/mol. The number of aromatic hydroxyl groups is 1. The summed E-state index contributed by atoms with van der Waals surface area (Å²) in [5.74, 6) is -1.47. The van der Waals surface area contributed by atoms with Gasteiger partial charge in [-0.05, 0) is 26.7 Å². The molecule has 0 bridgehead atoms. The number of pyridine rings is 1. The number of carbonyl (C=O) groups is 2. The maximum Gasteiger partial charge on any atom is 0.328 e. The second-order valence-corrected chi connectivity index (χ2v) is 6.15. The molecule has 0 aromatic carbocycles. The van der Waals surface area contributed by atoms with Crippen LogP contribution in [0.5, 0.6) is 11.5 Å². The summed E-state index contributed by atoms with van der Waals surface area (Å²) in [6, 6.07) is 0.554. The second-order valence-electron chi connectivity index (χ2n) is 6.15. The van der Waals surface area contributed by atoms with E-state index >= 15 is 0 Å². The van der Waals surface area contributed by atoms with E-state index in [0.29, 0.717) is 6.42 Å². The number of nitrogens with zero attached hydrogens (tertiary/aromatic N) is 1. The van der Waals surface area contributed by atoms with Gasteiger partial charge in [0.15, 0.2) is 17.2 Å². The molecule has 1 aromatic rings. The topological polar surface area (TPSA) is 97.8 Å². The summed E-state index contributed by atoms with van der Waals surface area (Å²) in [7, 11) is 1.37. The molecule has 2 rings (SSSR count). The van der Waals surface area contributed by atoms with Crippen LogP contribution in [0.15, 0.2) is 36.1 Å². The largest absolute Gasteiger partial charge is 0.503 e. The van der Waals surface area contributed by atoms with E-state index in [1.807, 2.05) is 19.1 Å². The van der Waals surface area contributed by atoms with Crippen molar-refractivity contribution < 1.29 is 24.2 Å². The third-order valence-corrected chi connectivity index (χ3v) is 3.99. The summed E-state index contributed by atoms with van der Waals surface area (Å²) < 4.78 is 10.3. The van der Waals surface area contributed by atoms with Crippen LogP contribution in [0.1, 0.15) is 43.6 Å². The quantitative estimate of drug-likeness (QED) is 0.725. The minimum atomic E-state index is -0.877. The summed E-state index contributed by atoms with van der Waals surface area (Å²) in [5.41, 5.74) is 1.02. The third kappa shape index (κ3) is 5.08. The lowest BCUT2D eigenvalue weighted by Crippen LogP contribution is -2.41. The van der Waals surface area contributed by atoms with Crippen molar-refractivity contribution in [2.75, 3.05) is 7.11 Å². The van der Waals surface area contributed by atoms with Gasteiger partial charge in [-0.25, -0.2) is 9.78 Å². The molecule has 1 unspecified atom stereocenters. The van der Waals surface area contributed by atoms with Gasteiger partial charge in [-0.2, -0.15) is 0 Å². The van der Waals surface area contributed by atoms with Crippen LogP contribution in [0.2, 0.25) is 0 Å². The number of ether oxygens (including phenoxy) is 2. The molecule has 1 aliphatic rings. The molecule has 2 N–H and O–H groups in total. The first-order valence-electron chi connectivity index (χ1n) is 8.50. The van der Waals surface area contributed by atoms with Crippen molar-refractivity contribution in [1.29, 1.82) is 0 Å². The Bertz CT molecular complexity index is 727. The van der Waals surface area contributed by atoms with Gasteiger partial charge in [0.25, 0.3) is 5.91 Å². The van der Waals surface area contributed by atoms with Gasteiger partial charge in [-0.15, -0.1) is 0 Å². The summed E-state index contributed by atoms with van der Waals surface area (Å²) >= 11 is 0. The first-order chi connectivity index (χ1) is 12.4. The normalized spacial score (nSPS) is 15.6. The number of hydrogen-bond acceptors (Lipinski definition) is 6. The van der Waals surface area contributed by atoms with Gasteiger partial charge in [0, 0.05) is 18.7 Å². The zero-order chi connectivity index (χ0) is 19.1. The summed E-state index contributed by atoms with van der Waals surface area (Å²) in [4.78, 5) is 28.3. The van der Waals surface area contributed by atoms with E-state index in [4.69, 9.17) is 9.47 Å². The van der Waals surface area contributed by atoms with Gasteiger partial charge in [0.1, 0.15) is 12.1 Å². The van der Waals surface area contributed by atoms with Crippen molar-refractivity contribution in [3.05, 3.63) is 41.8 Å². The Morgan fingerprint density at radius 2 is 2.15 bits per heavy atom. The highest BCUT2D eigenvalue weighted by molar-refractivity contribution is 5.97. The molecule has 1 heterocycles. The highest BCUT2D eigenvalue weighted by atomic mass is 16.5. The first-order valence-corrected chi connectivity index (χ1v) is 8.50. The highest BCUT2D eigenvalue weighted by Gasteiger charge is 2.23. The fourth-order valence-electron chi connectivity index (χ4n) is 2.62. The Balaban J connectivity index is 1.91. The van der Waals surface area contributed by atoms with Crippen molar-refractivity contribution in [3.63, 3.8) is 0 Å². The summed E-state index contributed by atoms with van der Waals surface area (Å²) in [5, 5.41) is 12.4. The lowest BCUT2D eigenvalue weighted by Gasteiger charge is -2.19. The first kappa shape index (κ1) is 19.5. The molecule has 7 heteroatoms. The number of amides is 1. The molecule has 7 nitrogen and oxygen atoms in total. The van der Waals surface area contributed by atoms with Crippen LogP contribution >= 0.6 is 0 Å². The molecule has 0 radical (unpaired) electrons. The molecule has 1 aromatic heterocycles. The van der Waals surface area contributed by atoms with E-state index in [1.165, 1.54) is 31.9 Å². The highest BCUT2D eigenvalue weighted by Crippen LogP contribution is 2.27. The summed E-state index contributed by atoms with van der Waals surface area (Å²) in [6.07, 6.45) is 9.81. The van der Waals surface area contributed by atoms with Crippen molar-refractivity contribution >= 4 is 11.9 Å². The molecule has 0 saturated heterocycles. The Morgan fingerprint density at radius 3 is 2.81 bits per heavy atom. The number of nitrogens with one attached hydrogen (secondary N) is 1. The minimum Gasteiger partial charge on any atom is -0.503 e. The van der Waals surface area contributed by atoms with Crippen LogP contribution in [0.25, 0.3) is 0 Å². The van der Waals surface area contributed by atoms with Crippen molar-refractivity contribution in [2.45, 2.75) is 45.3 Å². The SMILES string of the molecule is COc1ccnc(C(=O)N[C@@H](C)C(=O)OC(C)CC2=CC=CCC2)c1O. The van der Waals surface area contributed by atoms with Crippen LogP contribution in [0.3, 0.4) is 0 Å². The van der Waals surface area contributed by atoms with Crippen LogP contribution in [0, 0.1) is 0 Å². The van der Waals surface area contributed by atoms with Gasteiger partial charge in [-0.3, -0.25) is 4.79 Å². The van der Waals surface area contributed by atoms with Gasteiger partial charge in [0.2, 0.25) is 0 Å². The van der Waals surface area contributed by atoms with Crippen LogP contribution in [-0.2, 0) is 9.53 Å². The van der Waals surface area contributed by atoms with Crippen molar-refractivity contribution in [1.82, 2.24) is 10.3 Å². The zero-order valence-corrected chi connectivity index (χ0v) is 15.2. The fraction of sp³-hybridized carbons (Fsp3) is 0.421. The third-order valence-electron chi connectivity index (χ3n) is 3.99. The molecule has 0 saturated carbocycles. The predicted octanol–water partition coefficient (Wildman–Crippen LogP) is 2.51. The number of allylic oxidation sites excluding steroid dienone is 3. The van der Waals surface area contributed by atoms with E-state index in [9.17, 15) is 14.7 Å². The number of aromatic nitrogens is 1. The smallest absolute Gasteiger partial charge is 0.328 e. The monoisotopic (exact) mass is 360 g/mol. The lowest BCUT2D eigenvalue weighted by atomic mass is 10.00. The number of carbonyl (C=O) groups excluding carboxylic acids is 2. The van der Waals surface area contributed by atoms with Crippen LogP contribution < -0.4 is 10.1 Å². The molecule has 0 aliphatic heterocycles. The average molecular weight is 360 g/mol. The van der Waals surface area contributed by atoms with E-state index < -0.39 is 17.9 Å². The second kappa shape index (κ2) is 9.03. The number of methoxy groups -OCH3 is 1. The minimum absolute atomic E-state index is 0.129. The lowest BCUT2D eigenvalue weighted by molar-refractivity contribution is -0.150. The molecular formula is C19H24N2O5. The van der Waals surface area contributed by atoms with Crippen LogP contribution in [-0.4, -0.2) is 41.2 Å². The molecule has 140 valence electrons. The van der Waals surface area contributed by atoms with Gasteiger partial charge in [0.05, 0.1) is 7.11 Å². The van der Waals surface area contributed by atoms with E-state index in [2.05, 4.69) is 16.4 Å². The summed E-state index contributed by atoms with van der Waals surface area (Å²) in [6.45, 7) is 3.34. The maximum absolute atomic E-state index is 12.2. The molecule has 1 aliphatic carbocycles. The molecule has 0 fully saturated rings. The van der Waals surface area contributed by atoms with Gasteiger partial charge in [-0.1, -0.05) is 23.8 Å². The molecule has 26 heavy (non-hydrogen) atoms. The van der Waals surface area contributed by atoms with Gasteiger partial charge >= 0.3 is 5.97 Å². The standard InChI is InChI=1S/C19H24N2O5/c1-12(11-14-7-5-4-6-8-14)26-19(24)13(2)21-18(23)16-17(22)15(25-3)9-10-20-16/h4-5,7,9-10,12-13,22H,6,8,11H2,1-3H3,(H,21,23)/t12?,13-/m0/s1. The number of rotatable bonds is 7. The van der Waals surface area contributed by atoms with Crippen molar-refractivity contribution in [3.8, 4) is 11.5 Å². The predicted molar refractivity (Wildman–Crippen MR) is 96.0 cm³/mol. The number of esters is 1. The Morgan fingerprint density at radius 1 is 1.38 bits per heavy atom.